The molecule has 2 aromatic rings. The van der Waals surface area contributed by atoms with E-state index < -0.39 is 5.66 Å². The first-order valence-corrected chi connectivity index (χ1v) is 14.0. The maximum Gasteiger partial charge on any atom is 0.275 e. The number of benzene rings is 2. The van der Waals surface area contributed by atoms with E-state index in [0.29, 0.717) is 39.8 Å². The van der Waals surface area contributed by atoms with Gasteiger partial charge in [-0.1, -0.05) is 55.1 Å². The van der Waals surface area contributed by atoms with Gasteiger partial charge >= 0.3 is 0 Å². The molecule has 2 aliphatic heterocycles. The molecule has 1 fully saturated rings. The summed E-state index contributed by atoms with van der Waals surface area (Å²) >= 11 is 12.6. The molecule has 1 saturated carbocycles. The fourth-order valence-electron chi connectivity index (χ4n) is 5.76. The Morgan fingerprint density at radius 3 is 2.51 bits per heavy atom. The van der Waals surface area contributed by atoms with Crippen molar-refractivity contribution in [1.82, 2.24) is 10.2 Å². The first kappa shape index (κ1) is 27.5. The van der Waals surface area contributed by atoms with Crippen molar-refractivity contribution in [2.45, 2.75) is 63.3 Å². The number of aliphatic imine (C=N–C) groups is 1. The number of carbonyl (C=O) groups excluding carboxylic acids is 2. The van der Waals surface area contributed by atoms with Gasteiger partial charge in [0.2, 0.25) is 0 Å². The zero-order valence-electron chi connectivity index (χ0n) is 22.0. The summed E-state index contributed by atoms with van der Waals surface area (Å²) in [5.41, 5.74) is 2.32. The molecule has 204 valence electrons. The number of methoxy groups -OCH3 is 1. The number of hydrogen-bond donors (Lipinski definition) is 1. The standard InChI is InChI=1S/C29H31Cl2N5O3/c1-3-6-24(18-8-10-19(11-9-18)27(37)32-16-23-17-33-35-23)36-28(38)26(20-13-21(30)15-22(31)14-20)34-29(36)12-5-4-7-25(29)39-2/h8-11,13-15,17,24-25H,3-7,12,16H2,1-2H3,(H,32,37). The Kier molecular flexibility index (Phi) is 8.16. The van der Waals surface area contributed by atoms with Gasteiger partial charge in [-0.25, -0.2) is 4.99 Å². The summed E-state index contributed by atoms with van der Waals surface area (Å²) < 4.78 is 5.99. The SMILES string of the molecule is CCCC(c1ccc(C(=O)NCC2=CN=N2)cc1)N1C(=O)C(c2cc(Cl)cc(Cl)c2)=NC12CCCCC2OC. The summed E-state index contributed by atoms with van der Waals surface area (Å²) in [7, 11) is 1.69. The second-order valence-corrected chi connectivity index (χ2v) is 11.0. The van der Waals surface area contributed by atoms with Crippen LogP contribution in [0.1, 0.15) is 73.0 Å². The topological polar surface area (TPSA) is 95.7 Å². The molecule has 2 heterocycles. The molecule has 2 aromatic carbocycles. The van der Waals surface area contributed by atoms with Gasteiger partial charge in [0.1, 0.15) is 17.5 Å². The van der Waals surface area contributed by atoms with Crippen LogP contribution in [0.15, 0.2) is 69.6 Å². The van der Waals surface area contributed by atoms with Crippen molar-refractivity contribution in [3.63, 3.8) is 0 Å². The zero-order valence-corrected chi connectivity index (χ0v) is 23.5. The molecule has 0 radical (unpaired) electrons. The highest BCUT2D eigenvalue weighted by Gasteiger charge is 2.55. The van der Waals surface area contributed by atoms with Crippen LogP contribution in [0.25, 0.3) is 0 Å². The second kappa shape index (κ2) is 11.6. The normalized spacial score (nSPS) is 22.9. The Morgan fingerprint density at radius 1 is 1.18 bits per heavy atom. The summed E-state index contributed by atoms with van der Waals surface area (Å²) in [5, 5.41) is 11.2. The van der Waals surface area contributed by atoms with Crippen LogP contribution in [0, 0.1) is 0 Å². The monoisotopic (exact) mass is 567 g/mol. The highest BCUT2D eigenvalue weighted by molar-refractivity contribution is 6.48. The predicted molar refractivity (Wildman–Crippen MR) is 151 cm³/mol. The van der Waals surface area contributed by atoms with Gasteiger partial charge in [-0.15, -0.1) is 0 Å². The molecule has 1 spiro atoms. The lowest BCUT2D eigenvalue weighted by Gasteiger charge is -2.47. The summed E-state index contributed by atoms with van der Waals surface area (Å²) in [6, 6.07) is 12.3. The molecule has 3 aliphatic rings. The van der Waals surface area contributed by atoms with E-state index in [1.165, 1.54) is 0 Å². The third-order valence-electron chi connectivity index (χ3n) is 7.60. The molecule has 3 atom stereocenters. The van der Waals surface area contributed by atoms with Crippen LogP contribution in [0.3, 0.4) is 0 Å². The third kappa shape index (κ3) is 5.38. The van der Waals surface area contributed by atoms with Crippen molar-refractivity contribution < 1.29 is 14.3 Å². The maximum atomic E-state index is 14.3. The molecule has 39 heavy (non-hydrogen) atoms. The third-order valence-corrected chi connectivity index (χ3v) is 8.03. The van der Waals surface area contributed by atoms with Gasteiger partial charge < -0.3 is 15.0 Å². The molecular weight excluding hydrogens is 537 g/mol. The summed E-state index contributed by atoms with van der Waals surface area (Å²) in [6.45, 7) is 2.43. The van der Waals surface area contributed by atoms with Crippen molar-refractivity contribution in [3.05, 3.63) is 81.1 Å². The fourth-order valence-corrected chi connectivity index (χ4v) is 6.29. The molecule has 10 heteroatoms. The number of nitrogens with one attached hydrogen (secondary N) is 1. The van der Waals surface area contributed by atoms with Crippen molar-refractivity contribution in [2.24, 2.45) is 15.2 Å². The van der Waals surface area contributed by atoms with E-state index in [4.69, 9.17) is 32.9 Å². The van der Waals surface area contributed by atoms with E-state index >= 15 is 0 Å². The van der Waals surface area contributed by atoms with E-state index in [1.807, 2.05) is 17.0 Å². The van der Waals surface area contributed by atoms with Crippen molar-refractivity contribution in [1.29, 1.82) is 0 Å². The Morgan fingerprint density at radius 2 is 1.90 bits per heavy atom. The van der Waals surface area contributed by atoms with E-state index in [0.717, 1.165) is 43.4 Å². The Labute approximate surface area is 238 Å². The molecule has 5 rings (SSSR count). The van der Waals surface area contributed by atoms with Crippen LogP contribution < -0.4 is 5.32 Å². The molecule has 0 bridgehead atoms. The fraction of sp³-hybridized carbons (Fsp3) is 0.414. The number of rotatable bonds is 9. The van der Waals surface area contributed by atoms with Crippen molar-refractivity contribution >= 4 is 40.7 Å². The lowest BCUT2D eigenvalue weighted by molar-refractivity contribution is -0.143. The number of hydrogen-bond acceptors (Lipinski definition) is 6. The van der Waals surface area contributed by atoms with Crippen LogP contribution in [0.5, 0.6) is 0 Å². The highest BCUT2D eigenvalue weighted by Crippen LogP contribution is 2.46. The number of amides is 2. The maximum absolute atomic E-state index is 14.3. The molecular formula is C29H31Cl2N5O3. The van der Waals surface area contributed by atoms with Crippen LogP contribution >= 0.6 is 23.2 Å². The van der Waals surface area contributed by atoms with Gasteiger partial charge in [-0.05, 0) is 61.6 Å². The molecule has 3 unspecified atom stereocenters. The second-order valence-electron chi connectivity index (χ2n) is 10.1. The molecule has 1 N–H and O–H groups in total. The summed E-state index contributed by atoms with van der Waals surface area (Å²) in [4.78, 5) is 34.0. The molecule has 0 aromatic heterocycles. The minimum atomic E-state index is -0.838. The number of azo groups is 1. The quantitative estimate of drug-likeness (QED) is 0.375. The van der Waals surface area contributed by atoms with Gasteiger partial charge in [0.25, 0.3) is 11.8 Å². The van der Waals surface area contributed by atoms with Gasteiger partial charge in [0.05, 0.1) is 18.8 Å². The number of halogens is 2. The first-order valence-electron chi connectivity index (χ1n) is 13.3. The van der Waals surface area contributed by atoms with Crippen molar-refractivity contribution in [2.75, 3.05) is 13.7 Å². The van der Waals surface area contributed by atoms with E-state index in [-0.39, 0.29) is 24.0 Å². The Hall–Kier alpha value is -3.07. The lowest BCUT2D eigenvalue weighted by atomic mass is 9.83. The highest BCUT2D eigenvalue weighted by atomic mass is 35.5. The van der Waals surface area contributed by atoms with Crippen LogP contribution in [-0.4, -0.2) is 47.8 Å². The lowest BCUT2D eigenvalue weighted by Crippen LogP contribution is -2.57. The number of nitrogens with zero attached hydrogens (tertiary/aromatic N) is 4. The van der Waals surface area contributed by atoms with E-state index in [2.05, 4.69) is 22.5 Å². The first-order chi connectivity index (χ1) is 18.9. The van der Waals surface area contributed by atoms with Gasteiger partial charge in [-0.2, -0.15) is 10.2 Å². The van der Waals surface area contributed by atoms with Gasteiger partial charge in [0.15, 0.2) is 5.66 Å². The van der Waals surface area contributed by atoms with Gasteiger partial charge in [0, 0.05) is 28.3 Å². The molecule has 8 nitrogen and oxygen atoms in total. The van der Waals surface area contributed by atoms with E-state index in [9.17, 15) is 9.59 Å². The molecule has 1 aliphatic carbocycles. The Balaban J connectivity index is 1.50. The summed E-state index contributed by atoms with van der Waals surface area (Å²) in [6.07, 6.45) is 6.41. The smallest absolute Gasteiger partial charge is 0.275 e. The summed E-state index contributed by atoms with van der Waals surface area (Å²) in [5.74, 6) is -0.360. The molecule has 2 amide bonds. The zero-order chi connectivity index (χ0) is 27.6. The van der Waals surface area contributed by atoms with Gasteiger partial charge in [-0.3, -0.25) is 9.59 Å². The number of ether oxygens (including phenoxy) is 1. The number of carbonyl (C=O) groups is 2. The van der Waals surface area contributed by atoms with E-state index in [1.54, 1.807) is 43.6 Å². The largest absolute Gasteiger partial charge is 0.377 e. The average molecular weight is 569 g/mol. The van der Waals surface area contributed by atoms with Crippen LogP contribution in [0.4, 0.5) is 0 Å². The van der Waals surface area contributed by atoms with Crippen LogP contribution in [0.2, 0.25) is 10.0 Å². The minimum Gasteiger partial charge on any atom is -0.377 e. The molecule has 0 saturated heterocycles. The average Bonchev–Trinajstić information content (AvgIpc) is 3.18. The predicted octanol–water partition coefficient (Wildman–Crippen LogP) is 6.49. The minimum absolute atomic E-state index is 0.166. The van der Waals surface area contributed by atoms with Crippen LogP contribution in [-0.2, 0) is 9.53 Å². The van der Waals surface area contributed by atoms with Crippen molar-refractivity contribution in [3.8, 4) is 0 Å². The Bertz CT molecular complexity index is 1340.